The van der Waals surface area contributed by atoms with Crippen LogP contribution in [0.4, 0.5) is 4.39 Å². The van der Waals surface area contributed by atoms with Gasteiger partial charge in [-0.25, -0.2) is 4.39 Å². The number of hydrogen-bond acceptors (Lipinski definition) is 3. The Bertz CT molecular complexity index is 401. The molecule has 0 saturated carbocycles. The zero-order valence-corrected chi connectivity index (χ0v) is 10.0. The molecular weight excluding hydrogens is 237 g/mol. The number of carbonyl (C=O) groups excluding carboxylic acids is 1. The Hall–Kier alpha value is -1.62. The van der Waals surface area contributed by atoms with Gasteiger partial charge in [0.15, 0.2) is 0 Å². The number of amides is 1. The Labute approximate surface area is 105 Å². The van der Waals surface area contributed by atoms with E-state index in [0.29, 0.717) is 38.3 Å². The van der Waals surface area contributed by atoms with Crippen molar-refractivity contribution in [2.24, 2.45) is 0 Å². The molecule has 1 aliphatic heterocycles. The summed E-state index contributed by atoms with van der Waals surface area (Å²) in [4.78, 5) is 13.2. The number of rotatable bonds is 5. The molecule has 1 aliphatic rings. The Balaban J connectivity index is 1.61. The molecule has 1 amide bonds. The van der Waals surface area contributed by atoms with Gasteiger partial charge in [0.25, 0.3) is 0 Å². The van der Waals surface area contributed by atoms with Crippen molar-refractivity contribution in [2.45, 2.75) is 18.9 Å². The van der Waals surface area contributed by atoms with Gasteiger partial charge in [0.05, 0.1) is 12.7 Å². The van der Waals surface area contributed by atoms with Crippen molar-refractivity contribution in [3.05, 3.63) is 30.1 Å². The van der Waals surface area contributed by atoms with Crippen LogP contribution in [0.1, 0.15) is 12.8 Å². The molecule has 5 heteroatoms. The third-order valence-corrected chi connectivity index (χ3v) is 2.83. The lowest BCUT2D eigenvalue weighted by Gasteiger charge is -2.35. The fraction of sp³-hybridized carbons (Fsp3) is 0.462. The average molecular weight is 253 g/mol. The monoisotopic (exact) mass is 253 g/mol. The molecule has 0 atom stereocenters. The summed E-state index contributed by atoms with van der Waals surface area (Å²) >= 11 is 0. The first-order valence-corrected chi connectivity index (χ1v) is 5.99. The number of β-amino-alcohol motifs (C(OH)–C–C–N with tert-alkyl or cyclic N) is 1. The van der Waals surface area contributed by atoms with Crippen LogP contribution < -0.4 is 4.74 Å². The molecule has 1 heterocycles. The van der Waals surface area contributed by atoms with Gasteiger partial charge in [-0.05, 0) is 30.7 Å². The van der Waals surface area contributed by atoms with Gasteiger partial charge in [-0.1, -0.05) is 0 Å². The minimum absolute atomic E-state index is 0.0445. The van der Waals surface area contributed by atoms with Crippen molar-refractivity contribution in [3.8, 4) is 5.75 Å². The molecule has 0 radical (unpaired) electrons. The Kier molecular flexibility index (Phi) is 4.15. The highest BCUT2D eigenvalue weighted by molar-refractivity contribution is 5.77. The van der Waals surface area contributed by atoms with Crippen LogP contribution in [0.3, 0.4) is 0 Å². The van der Waals surface area contributed by atoms with Crippen LogP contribution in [-0.4, -0.2) is 41.7 Å². The smallest absolute Gasteiger partial charge is 0.222 e. The van der Waals surface area contributed by atoms with E-state index in [1.807, 2.05) is 0 Å². The first-order valence-electron chi connectivity index (χ1n) is 5.99. The maximum atomic E-state index is 12.6. The van der Waals surface area contributed by atoms with Gasteiger partial charge in [0.1, 0.15) is 11.6 Å². The Morgan fingerprint density at radius 2 is 2.06 bits per heavy atom. The van der Waals surface area contributed by atoms with E-state index < -0.39 is 0 Å². The topological polar surface area (TPSA) is 49.8 Å². The van der Waals surface area contributed by atoms with Gasteiger partial charge in [0, 0.05) is 19.5 Å². The first-order chi connectivity index (χ1) is 8.65. The van der Waals surface area contributed by atoms with E-state index in [1.54, 1.807) is 17.0 Å². The predicted molar refractivity (Wildman–Crippen MR) is 63.7 cm³/mol. The zero-order chi connectivity index (χ0) is 13.0. The van der Waals surface area contributed by atoms with Crippen molar-refractivity contribution in [3.63, 3.8) is 0 Å². The SMILES string of the molecule is O=C(CCCOc1ccc(F)cc1)N1CC(O)C1. The Morgan fingerprint density at radius 1 is 1.39 bits per heavy atom. The molecule has 1 aromatic rings. The second kappa shape index (κ2) is 5.82. The van der Waals surface area contributed by atoms with Gasteiger partial charge in [0.2, 0.25) is 5.91 Å². The normalized spacial score (nSPS) is 15.3. The number of benzene rings is 1. The van der Waals surface area contributed by atoms with Crippen LogP contribution in [0.25, 0.3) is 0 Å². The van der Waals surface area contributed by atoms with Crippen molar-refractivity contribution >= 4 is 5.91 Å². The minimum atomic E-state index is -0.357. The van der Waals surface area contributed by atoms with Gasteiger partial charge in [-0.3, -0.25) is 4.79 Å². The summed E-state index contributed by atoms with van der Waals surface area (Å²) in [5.41, 5.74) is 0. The van der Waals surface area contributed by atoms with Crippen LogP contribution >= 0.6 is 0 Å². The fourth-order valence-corrected chi connectivity index (χ4v) is 1.76. The highest BCUT2D eigenvalue weighted by atomic mass is 19.1. The average Bonchev–Trinajstić information content (AvgIpc) is 2.32. The second-order valence-corrected chi connectivity index (χ2v) is 4.36. The summed E-state index contributed by atoms with van der Waals surface area (Å²) in [5, 5.41) is 9.06. The molecule has 0 bridgehead atoms. The molecule has 0 spiro atoms. The lowest BCUT2D eigenvalue weighted by Crippen LogP contribution is -2.53. The molecule has 0 aromatic heterocycles. The second-order valence-electron chi connectivity index (χ2n) is 4.36. The van der Waals surface area contributed by atoms with Crippen LogP contribution in [-0.2, 0) is 4.79 Å². The van der Waals surface area contributed by atoms with E-state index >= 15 is 0 Å². The summed E-state index contributed by atoms with van der Waals surface area (Å²) in [6, 6.07) is 5.79. The molecule has 98 valence electrons. The maximum Gasteiger partial charge on any atom is 0.222 e. The number of carbonyl (C=O) groups is 1. The van der Waals surface area contributed by atoms with Gasteiger partial charge in [-0.15, -0.1) is 0 Å². The predicted octanol–water partition coefficient (Wildman–Crippen LogP) is 1.19. The van der Waals surface area contributed by atoms with Gasteiger partial charge in [-0.2, -0.15) is 0 Å². The number of hydrogen-bond donors (Lipinski definition) is 1. The van der Waals surface area contributed by atoms with Crippen molar-refractivity contribution in [1.82, 2.24) is 4.90 Å². The van der Waals surface area contributed by atoms with E-state index in [1.165, 1.54) is 12.1 Å². The van der Waals surface area contributed by atoms with Crippen LogP contribution in [0.5, 0.6) is 5.75 Å². The summed E-state index contributed by atoms with van der Waals surface area (Å²) in [6.07, 6.45) is 0.668. The lowest BCUT2D eigenvalue weighted by atomic mass is 10.1. The molecule has 1 saturated heterocycles. The standard InChI is InChI=1S/C13H16FNO3/c14-10-3-5-12(6-4-10)18-7-1-2-13(17)15-8-11(16)9-15/h3-6,11,16H,1-2,7-9H2. The number of halogens is 1. The van der Waals surface area contributed by atoms with E-state index in [0.717, 1.165) is 0 Å². The molecule has 1 aromatic carbocycles. The van der Waals surface area contributed by atoms with E-state index in [-0.39, 0.29) is 17.8 Å². The maximum absolute atomic E-state index is 12.6. The Morgan fingerprint density at radius 3 is 2.67 bits per heavy atom. The molecule has 0 aliphatic carbocycles. The van der Waals surface area contributed by atoms with Crippen molar-refractivity contribution in [2.75, 3.05) is 19.7 Å². The number of likely N-dealkylation sites (tertiary alicyclic amines) is 1. The first kappa shape index (κ1) is 12.8. The molecule has 2 rings (SSSR count). The van der Waals surface area contributed by atoms with Crippen molar-refractivity contribution < 1.29 is 19.0 Å². The fourth-order valence-electron chi connectivity index (χ4n) is 1.76. The molecule has 0 unspecified atom stereocenters. The zero-order valence-electron chi connectivity index (χ0n) is 10.0. The van der Waals surface area contributed by atoms with E-state index in [2.05, 4.69) is 0 Å². The highest BCUT2D eigenvalue weighted by Gasteiger charge is 2.27. The molecule has 1 N–H and O–H groups in total. The number of nitrogens with zero attached hydrogens (tertiary/aromatic N) is 1. The molecule has 1 fully saturated rings. The van der Waals surface area contributed by atoms with Gasteiger partial charge >= 0.3 is 0 Å². The number of aliphatic hydroxyl groups excluding tert-OH is 1. The lowest BCUT2D eigenvalue weighted by molar-refractivity contribution is -0.141. The molecule has 4 nitrogen and oxygen atoms in total. The number of aliphatic hydroxyl groups is 1. The third-order valence-electron chi connectivity index (χ3n) is 2.83. The summed E-state index contributed by atoms with van der Waals surface area (Å²) < 4.78 is 18.0. The quantitative estimate of drug-likeness (QED) is 0.802. The molecule has 18 heavy (non-hydrogen) atoms. The summed E-state index contributed by atoms with van der Waals surface area (Å²) in [7, 11) is 0. The third kappa shape index (κ3) is 3.43. The van der Waals surface area contributed by atoms with E-state index in [9.17, 15) is 9.18 Å². The van der Waals surface area contributed by atoms with Crippen molar-refractivity contribution in [1.29, 1.82) is 0 Å². The van der Waals surface area contributed by atoms with Crippen LogP contribution in [0.15, 0.2) is 24.3 Å². The summed E-state index contributed by atoms with van der Waals surface area (Å²) in [6.45, 7) is 1.31. The highest BCUT2D eigenvalue weighted by Crippen LogP contribution is 2.13. The largest absolute Gasteiger partial charge is 0.494 e. The van der Waals surface area contributed by atoms with Gasteiger partial charge < -0.3 is 14.7 Å². The summed E-state index contributed by atoms with van der Waals surface area (Å²) in [5.74, 6) is 0.347. The van der Waals surface area contributed by atoms with E-state index in [4.69, 9.17) is 9.84 Å². The molecular formula is C13H16FNO3. The van der Waals surface area contributed by atoms with Crippen LogP contribution in [0, 0.1) is 5.82 Å². The minimum Gasteiger partial charge on any atom is -0.494 e. The number of ether oxygens (including phenoxy) is 1. The van der Waals surface area contributed by atoms with Crippen LogP contribution in [0.2, 0.25) is 0 Å².